The normalized spacial score (nSPS) is 10.6. The second-order valence-electron chi connectivity index (χ2n) is 3.35. The van der Waals surface area contributed by atoms with E-state index in [1.807, 2.05) is 30.3 Å². The van der Waals surface area contributed by atoms with E-state index in [-0.39, 0.29) is 12.6 Å². The molecule has 0 N–H and O–H groups in total. The van der Waals surface area contributed by atoms with Crippen molar-refractivity contribution in [1.29, 1.82) is 0 Å². The van der Waals surface area contributed by atoms with Crippen LogP contribution in [0, 0.1) is 0 Å². The molecule has 0 aromatic heterocycles. The molecule has 2 aromatic rings. The van der Waals surface area contributed by atoms with Crippen molar-refractivity contribution in [3.63, 3.8) is 0 Å². The number of benzene rings is 2. The van der Waals surface area contributed by atoms with Crippen molar-refractivity contribution in [2.24, 2.45) is 0 Å². The zero-order valence-electron chi connectivity index (χ0n) is 9.72. The molecule has 0 aliphatic rings. The molecule has 0 atom stereocenters. The molecule has 0 saturated carbocycles. The molecule has 0 fully saturated rings. The summed E-state index contributed by atoms with van der Waals surface area (Å²) >= 11 is 0. The minimum Gasteiger partial charge on any atom is -0.457 e. The van der Waals surface area contributed by atoms with Crippen molar-refractivity contribution in [3.05, 3.63) is 71.8 Å². The van der Waals surface area contributed by atoms with Crippen LogP contribution >= 0.6 is 0 Å². The third kappa shape index (κ3) is 2.70. The highest BCUT2D eigenvalue weighted by atomic mass is 16.5. The van der Waals surface area contributed by atoms with Gasteiger partial charge in [-0.25, -0.2) is 4.79 Å². The van der Waals surface area contributed by atoms with E-state index in [1.54, 1.807) is 24.3 Å². The number of hydrogen-bond acceptors (Lipinski definition) is 2. The largest absolute Gasteiger partial charge is 0.457 e. The first-order chi connectivity index (χ1) is 8.25. The van der Waals surface area contributed by atoms with Gasteiger partial charge in [-0.3, -0.25) is 0 Å². The maximum atomic E-state index is 11.6. The molecule has 2 rings (SSSR count). The van der Waals surface area contributed by atoms with Gasteiger partial charge in [-0.05, 0) is 17.7 Å². The Morgan fingerprint density at radius 1 is 1.06 bits per heavy atom. The average molecular weight is 213 g/mol. The number of ether oxygens (including phenoxy) is 1. The summed E-state index contributed by atoms with van der Waals surface area (Å²) in [6.07, 6.45) is 0. The van der Waals surface area contributed by atoms with Crippen molar-refractivity contribution in [1.82, 2.24) is 0 Å². The quantitative estimate of drug-likeness (QED) is 0.732. The number of carbonyl (C=O) groups excluding carboxylic acids is 1. The van der Waals surface area contributed by atoms with Crippen LogP contribution in [0.5, 0.6) is 0 Å². The summed E-state index contributed by atoms with van der Waals surface area (Å²) in [5, 5.41) is 0. The second-order valence-corrected chi connectivity index (χ2v) is 3.35. The van der Waals surface area contributed by atoms with Crippen LogP contribution in [0.25, 0.3) is 0 Å². The van der Waals surface area contributed by atoms with Gasteiger partial charge >= 0.3 is 5.97 Å². The molecule has 2 nitrogen and oxygen atoms in total. The molecule has 80 valence electrons. The highest BCUT2D eigenvalue weighted by Gasteiger charge is 2.05. The lowest BCUT2D eigenvalue weighted by Crippen LogP contribution is -2.04. The number of rotatable bonds is 3. The minimum atomic E-state index is -0.367. The van der Waals surface area contributed by atoms with Gasteiger partial charge in [0.2, 0.25) is 0 Å². The van der Waals surface area contributed by atoms with Crippen LogP contribution < -0.4 is 0 Å². The highest BCUT2D eigenvalue weighted by Crippen LogP contribution is 2.05. The van der Waals surface area contributed by atoms with Crippen molar-refractivity contribution in [2.75, 3.05) is 0 Å². The van der Waals surface area contributed by atoms with Crippen LogP contribution in [0.3, 0.4) is 0 Å². The minimum absolute atomic E-state index is 0.266. The molecule has 0 aliphatic heterocycles. The van der Waals surface area contributed by atoms with Gasteiger partial charge in [0.15, 0.2) is 0 Å². The fourth-order valence-corrected chi connectivity index (χ4v) is 1.33. The molecule has 16 heavy (non-hydrogen) atoms. The van der Waals surface area contributed by atoms with E-state index >= 15 is 0 Å². The van der Waals surface area contributed by atoms with Crippen LogP contribution in [0.15, 0.2) is 60.6 Å². The van der Waals surface area contributed by atoms with E-state index in [4.69, 9.17) is 6.11 Å². The molecule has 0 bridgehead atoms. The van der Waals surface area contributed by atoms with Gasteiger partial charge in [-0.1, -0.05) is 48.5 Å². The Kier molecular flexibility index (Phi) is 2.93. The van der Waals surface area contributed by atoms with Gasteiger partial charge in [-0.2, -0.15) is 0 Å². The van der Waals surface area contributed by atoms with Crippen LogP contribution in [-0.4, -0.2) is 5.97 Å². The lowest BCUT2D eigenvalue weighted by atomic mass is 10.2. The molecule has 2 heteroatoms. The van der Waals surface area contributed by atoms with E-state index in [0.717, 1.165) is 5.56 Å². The maximum Gasteiger partial charge on any atom is 0.338 e. The molecule has 0 spiro atoms. The number of carbonyl (C=O) groups is 1. The lowest BCUT2D eigenvalue weighted by molar-refractivity contribution is 0.0472. The number of esters is 1. The lowest BCUT2D eigenvalue weighted by Gasteiger charge is -2.04. The van der Waals surface area contributed by atoms with Crippen LogP contribution in [0.2, 0.25) is 0 Å². The Morgan fingerprint density at radius 2 is 1.75 bits per heavy atom. The Balaban J connectivity index is 1.96. The Hall–Kier alpha value is -2.09. The molecular weight excluding hydrogens is 200 g/mol. The summed E-state index contributed by atoms with van der Waals surface area (Å²) in [6.45, 7) is 0.266. The first-order valence-corrected chi connectivity index (χ1v) is 5.03. The molecule has 0 aliphatic carbocycles. The number of hydrogen-bond donors (Lipinski definition) is 0. The van der Waals surface area contributed by atoms with Gasteiger partial charge in [0, 0.05) is 0 Å². The molecule has 2 aromatic carbocycles. The summed E-state index contributed by atoms with van der Waals surface area (Å²) < 4.78 is 12.5. The predicted molar refractivity (Wildman–Crippen MR) is 62.0 cm³/mol. The summed E-state index contributed by atoms with van der Waals surface area (Å²) in [5.74, 6) is -0.367. The van der Waals surface area contributed by atoms with Crippen molar-refractivity contribution < 1.29 is 10.9 Å². The second kappa shape index (κ2) is 5.12. The molecule has 0 unspecified atom stereocenters. The molecule has 0 heterocycles. The first-order valence-electron chi connectivity index (χ1n) is 5.53. The summed E-state index contributed by atoms with van der Waals surface area (Å²) in [4.78, 5) is 11.6. The van der Waals surface area contributed by atoms with E-state index in [9.17, 15) is 4.79 Å². The molecule has 0 saturated heterocycles. The first kappa shape index (κ1) is 9.16. The Bertz CT molecular complexity index is 491. The highest BCUT2D eigenvalue weighted by molar-refractivity contribution is 5.89. The fourth-order valence-electron chi connectivity index (χ4n) is 1.33. The summed E-state index contributed by atoms with van der Waals surface area (Å²) in [7, 11) is 0. The van der Waals surface area contributed by atoms with Crippen molar-refractivity contribution in [3.8, 4) is 0 Å². The van der Waals surface area contributed by atoms with E-state index in [0.29, 0.717) is 11.6 Å². The third-order valence-corrected chi connectivity index (χ3v) is 2.17. The fraction of sp³-hybridized carbons (Fsp3) is 0.0714. The zero-order chi connectivity index (χ0) is 12.1. The Labute approximate surface area is 95.9 Å². The standard InChI is InChI=1S/C14H12O2/c15-14(13-9-5-2-6-10-13)16-11-12-7-3-1-4-8-12/h1-10H,11H2/i2D. The summed E-state index contributed by atoms with van der Waals surface area (Å²) in [5.41, 5.74) is 1.43. The Morgan fingerprint density at radius 3 is 2.44 bits per heavy atom. The van der Waals surface area contributed by atoms with Crippen LogP contribution in [0.4, 0.5) is 0 Å². The van der Waals surface area contributed by atoms with E-state index < -0.39 is 0 Å². The van der Waals surface area contributed by atoms with Gasteiger partial charge in [-0.15, -0.1) is 0 Å². The topological polar surface area (TPSA) is 26.3 Å². The van der Waals surface area contributed by atoms with Crippen molar-refractivity contribution in [2.45, 2.75) is 6.61 Å². The third-order valence-electron chi connectivity index (χ3n) is 2.17. The monoisotopic (exact) mass is 213 g/mol. The SMILES string of the molecule is [2H]c1ccc(C(=O)OCc2ccccc2)cc1. The van der Waals surface area contributed by atoms with Crippen molar-refractivity contribution >= 4 is 5.97 Å². The maximum absolute atomic E-state index is 11.6. The van der Waals surface area contributed by atoms with Crippen LogP contribution in [-0.2, 0) is 11.3 Å². The summed E-state index contributed by atoms with van der Waals surface area (Å²) in [6, 6.07) is 16.2. The van der Waals surface area contributed by atoms with Gasteiger partial charge < -0.3 is 4.74 Å². The average Bonchev–Trinajstić information content (AvgIpc) is 2.38. The zero-order valence-corrected chi connectivity index (χ0v) is 8.72. The van der Waals surface area contributed by atoms with Gasteiger partial charge in [0.1, 0.15) is 6.61 Å². The molecule has 0 amide bonds. The van der Waals surface area contributed by atoms with Crippen LogP contribution in [0.1, 0.15) is 17.3 Å². The van der Waals surface area contributed by atoms with Gasteiger partial charge in [0.25, 0.3) is 0 Å². The van der Waals surface area contributed by atoms with E-state index in [1.165, 1.54) is 0 Å². The molecular formula is C14H12O2. The van der Waals surface area contributed by atoms with E-state index in [2.05, 4.69) is 0 Å². The molecule has 0 radical (unpaired) electrons. The predicted octanol–water partition coefficient (Wildman–Crippen LogP) is 3.04. The van der Waals surface area contributed by atoms with Gasteiger partial charge in [0.05, 0.1) is 6.93 Å². The smallest absolute Gasteiger partial charge is 0.338 e.